The number of benzene rings is 2. The lowest BCUT2D eigenvalue weighted by atomic mass is 10.2. The SMILES string of the molecule is CC(/C=C/c1ccc(N(C)C)cc1)=N/N=C1NC(=O)CC(C(=O)Nc2ccc(Cl)cc2)S1. The summed E-state index contributed by atoms with van der Waals surface area (Å²) in [5.41, 5.74) is 3.44. The number of hydrogen-bond acceptors (Lipinski definition) is 6. The summed E-state index contributed by atoms with van der Waals surface area (Å²) in [6.07, 6.45) is 3.84. The van der Waals surface area contributed by atoms with Crippen LogP contribution in [0, 0.1) is 0 Å². The van der Waals surface area contributed by atoms with E-state index in [9.17, 15) is 9.59 Å². The van der Waals surface area contributed by atoms with Crippen LogP contribution in [-0.2, 0) is 9.59 Å². The lowest BCUT2D eigenvalue weighted by Crippen LogP contribution is -2.41. The lowest BCUT2D eigenvalue weighted by molar-refractivity contribution is -0.123. The average Bonchev–Trinajstić information content (AvgIpc) is 2.77. The maximum atomic E-state index is 12.6. The van der Waals surface area contributed by atoms with Crippen LogP contribution >= 0.6 is 23.4 Å². The number of carbonyl (C=O) groups excluding carboxylic acids is 2. The van der Waals surface area contributed by atoms with Gasteiger partial charge in [-0.05, 0) is 55.0 Å². The molecule has 0 bridgehead atoms. The van der Waals surface area contributed by atoms with Crippen molar-refractivity contribution < 1.29 is 9.59 Å². The molecule has 3 rings (SSSR count). The van der Waals surface area contributed by atoms with Crippen molar-refractivity contribution in [1.82, 2.24) is 5.32 Å². The van der Waals surface area contributed by atoms with E-state index in [1.165, 1.54) is 11.8 Å². The lowest BCUT2D eigenvalue weighted by Gasteiger charge is -2.21. The van der Waals surface area contributed by atoms with E-state index in [0.29, 0.717) is 21.6 Å². The minimum absolute atomic E-state index is 0.0641. The highest BCUT2D eigenvalue weighted by Gasteiger charge is 2.30. The van der Waals surface area contributed by atoms with Crippen molar-refractivity contribution >= 4 is 63.5 Å². The van der Waals surface area contributed by atoms with Crippen LogP contribution in [0.1, 0.15) is 18.9 Å². The molecule has 0 aliphatic carbocycles. The number of hydrogen-bond donors (Lipinski definition) is 2. The van der Waals surface area contributed by atoms with E-state index in [1.54, 1.807) is 24.3 Å². The number of anilines is 2. The normalized spacial score (nSPS) is 18.0. The minimum atomic E-state index is -0.598. The maximum absolute atomic E-state index is 12.6. The monoisotopic (exact) mass is 469 g/mol. The number of amidine groups is 1. The molecule has 0 aromatic heterocycles. The van der Waals surface area contributed by atoms with Gasteiger partial charge in [0, 0.05) is 36.9 Å². The zero-order chi connectivity index (χ0) is 23.1. The number of nitrogens with one attached hydrogen (secondary N) is 2. The van der Waals surface area contributed by atoms with Crippen LogP contribution in [0.15, 0.2) is 64.8 Å². The quantitative estimate of drug-likeness (QED) is 0.484. The molecule has 9 heteroatoms. The Kier molecular flexibility index (Phi) is 8.08. The van der Waals surface area contributed by atoms with Gasteiger partial charge in [-0.25, -0.2) is 0 Å². The molecule has 1 atom stereocenters. The largest absolute Gasteiger partial charge is 0.378 e. The number of allylic oxidation sites excluding steroid dienone is 1. The van der Waals surface area contributed by atoms with Crippen molar-refractivity contribution in [3.8, 4) is 0 Å². The number of rotatable bonds is 6. The Morgan fingerprint density at radius 1 is 1.19 bits per heavy atom. The highest BCUT2D eigenvalue weighted by atomic mass is 35.5. The van der Waals surface area contributed by atoms with Gasteiger partial charge in [-0.1, -0.05) is 41.6 Å². The predicted octanol–water partition coefficient (Wildman–Crippen LogP) is 4.41. The van der Waals surface area contributed by atoms with Crippen LogP contribution in [-0.4, -0.2) is 42.0 Å². The third-order valence-corrected chi connectivity index (χ3v) is 5.82. The molecule has 2 aromatic rings. The Bertz CT molecular complexity index is 1060. The van der Waals surface area contributed by atoms with Gasteiger partial charge in [0.2, 0.25) is 11.8 Å². The van der Waals surface area contributed by atoms with Gasteiger partial charge in [-0.3, -0.25) is 9.59 Å². The van der Waals surface area contributed by atoms with Gasteiger partial charge in [-0.15, -0.1) is 5.10 Å². The van der Waals surface area contributed by atoms with Crippen molar-refractivity contribution in [2.45, 2.75) is 18.6 Å². The average molecular weight is 470 g/mol. The molecule has 2 amide bonds. The second kappa shape index (κ2) is 11.0. The van der Waals surface area contributed by atoms with Gasteiger partial charge in [-0.2, -0.15) is 5.10 Å². The van der Waals surface area contributed by atoms with Crippen molar-refractivity contribution in [1.29, 1.82) is 0 Å². The smallest absolute Gasteiger partial charge is 0.238 e. The summed E-state index contributed by atoms with van der Waals surface area (Å²) < 4.78 is 0. The van der Waals surface area contributed by atoms with Gasteiger partial charge in [0.05, 0.1) is 5.71 Å². The topological polar surface area (TPSA) is 86.2 Å². The maximum Gasteiger partial charge on any atom is 0.238 e. The number of halogens is 1. The first-order valence-electron chi connectivity index (χ1n) is 9.91. The third-order valence-electron chi connectivity index (χ3n) is 4.50. The summed E-state index contributed by atoms with van der Waals surface area (Å²) in [5.74, 6) is -0.551. The zero-order valence-corrected chi connectivity index (χ0v) is 19.6. The van der Waals surface area contributed by atoms with Gasteiger partial charge in [0.25, 0.3) is 0 Å². The first-order valence-corrected chi connectivity index (χ1v) is 11.2. The number of thioether (sulfide) groups is 1. The summed E-state index contributed by atoms with van der Waals surface area (Å²) in [5, 5.41) is 14.0. The first kappa shape index (κ1) is 23.6. The van der Waals surface area contributed by atoms with Gasteiger partial charge in [0.1, 0.15) is 5.25 Å². The summed E-state index contributed by atoms with van der Waals surface area (Å²) in [7, 11) is 3.99. The van der Waals surface area contributed by atoms with E-state index in [2.05, 4.69) is 20.8 Å². The van der Waals surface area contributed by atoms with Gasteiger partial charge < -0.3 is 15.5 Å². The molecule has 0 saturated carbocycles. The summed E-state index contributed by atoms with van der Waals surface area (Å²) >= 11 is 7.04. The molecule has 2 N–H and O–H groups in total. The Hall–Kier alpha value is -3.10. The fraction of sp³-hybridized carbons (Fsp3) is 0.217. The molecule has 1 saturated heterocycles. The van der Waals surface area contributed by atoms with Crippen LogP contribution in [0.2, 0.25) is 5.02 Å². The number of amides is 2. The molecule has 0 radical (unpaired) electrons. The van der Waals surface area contributed by atoms with E-state index in [1.807, 2.05) is 62.3 Å². The van der Waals surface area contributed by atoms with Crippen LogP contribution < -0.4 is 15.5 Å². The summed E-state index contributed by atoms with van der Waals surface area (Å²) in [6.45, 7) is 1.81. The van der Waals surface area contributed by atoms with E-state index >= 15 is 0 Å². The highest BCUT2D eigenvalue weighted by molar-refractivity contribution is 8.15. The first-order chi connectivity index (χ1) is 15.3. The summed E-state index contributed by atoms with van der Waals surface area (Å²) in [6, 6.07) is 14.9. The van der Waals surface area contributed by atoms with Crippen molar-refractivity contribution in [2.24, 2.45) is 10.2 Å². The van der Waals surface area contributed by atoms with Crippen LogP contribution in [0.4, 0.5) is 11.4 Å². The Morgan fingerprint density at radius 3 is 2.53 bits per heavy atom. The predicted molar refractivity (Wildman–Crippen MR) is 135 cm³/mol. The Labute approximate surface area is 196 Å². The van der Waals surface area contributed by atoms with Crippen molar-refractivity contribution in [3.05, 3.63) is 65.2 Å². The van der Waals surface area contributed by atoms with Crippen molar-refractivity contribution in [2.75, 3.05) is 24.3 Å². The zero-order valence-electron chi connectivity index (χ0n) is 18.0. The van der Waals surface area contributed by atoms with E-state index in [4.69, 9.17) is 11.6 Å². The molecule has 0 spiro atoms. The summed E-state index contributed by atoms with van der Waals surface area (Å²) in [4.78, 5) is 26.6. The van der Waals surface area contributed by atoms with Crippen molar-refractivity contribution in [3.63, 3.8) is 0 Å². The Morgan fingerprint density at radius 2 is 1.88 bits per heavy atom. The number of carbonyl (C=O) groups is 2. The molecule has 32 heavy (non-hydrogen) atoms. The third kappa shape index (κ3) is 6.96. The van der Waals surface area contributed by atoms with E-state index < -0.39 is 5.25 Å². The molecule has 1 fully saturated rings. The molecular weight excluding hydrogens is 446 g/mol. The molecular formula is C23H24ClN5O2S. The number of nitrogens with zero attached hydrogens (tertiary/aromatic N) is 3. The highest BCUT2D eigenvalue weighted by Crippen LogP contribution is 2.23. The minimum Gasteiger partial charge on any atom is -0.378 e. The van der Waals surface area contributed by atoms with Gasteiger partial charge in [0.15, 0.2) is 5.17 Å². The Balaban J connectivity index is 1.62. The van der Waals surface area contributed by atoms with Crippen LogP contribution in [0.3, 0.4) is 0 Å². The van der Waals surface area contributed by atoms with Gasteiger partial charge >= 0.3 is 0 Å². The standard InChI is InChI=1S/C23H24ClN5O2S/c1-15(4-5-16-6-12-19(13-7-16)29(2)3)27-28-23-26-21(30)14-20(32-23)22(31)25-18-10-8-17(24)9-11-18/h4-13,20H,14H2,1-3H3,(H,25,31)(H,26,28,30)/b5-4+,27-15-. The fourth-order valence-corrected chi connectivity index (χ4v) is 3.81. The molecule has 1 heterocycles. The molecule has 1 unspecified atom stereocenters. The molecule has 2 aromatic carbocycles. The molecule has 166 valence electrons. The molecule has 7 nitrogen and oxygen atoms in total. The fourth-order valence-electron chi connectivity index (χ4n) is 2.75. The second-order valence-electron chi connectivity index (χ2n) is 7.32. The van der Waals surface area contributed by atoms with E-state index in [0.717, 1.165) is 11.3 Å². The van der Waals surface area contributed by atoms with Crippen LogP contribution in [0.25, 0.3) is 6.08 Å². The molecule has 1 aliphatic rings. The molecule has 1 aliphatic heterocycles. The second-order valence-corrected chi connectivity index (χ2v) is 8.95. The van der Waals surface area contributed by atoms with Crippen LogP contribution in [0.5, 0.6) is 0 Å². The van der Waals surface area contributed by atoms with E-state index in [-0.39, 0.29) is 18.2 Å².